The Morgan fingerprint density at radius 3 is 2.71 bits per heavy atom. The molecule has 1 atom stereocenters. The number of carbonyl (C=O) groups excluding carboxylic acids is 3. The standard InChI is InChI=1S/C14H15FN2O4/c1-9-14(20)16-12(18)8-17(9)13(19)6-7-21-11-4-2-10(15)3-5-11/h2-5,9H,6-8H2,1H3,(H,16,18,20). The first kappa shape index (κ1) is 15.0. The minimum atomic E-state index is -0.680. The van der Waals surface area contributed by atoms with Gasteiger partial charge in [0.05, 0.1) is 13.0 Å². The lowest BCUT2D eigenvalue weighted by Crippen LogP contribution is -2.58. The maximum atomic E-state index is 12.7. The van der Waals surface area contributed by atoms with Crippen LogP contribution in [0.3, 0.4) is 0 Å². The van der Waals surface area contributed by atoms with Crippen molar-refractivity contribution in [2.45, 2.75) is 19.4 Å². The first-order chi connectivity index (χ1) is 9.97. The molecule has 1 fully saturated rings. The van der Waals surface area contributed by atoms with Crippen molar-refractivity contribution in [1.29, 1.82) is 0 Å². The van der Waals surface area contributed by atoms with Gasteiger partial charge in [0.2, 0.25) is 17.7 Å². The molecule has 0 aromatic heterocycles. The van der Waals surface area contributed by atoms with Crippen LogP contribution in [0, 0.1) is 5.82 Å². The lowest BCUT2D eigenvalue weighted by molar-refractivity contribution is -0.149. The highest BCUT2D eigenvalue weighted by Gasteiger charge is 2.33. The predicted molar refractivity (Wildman–Crippen MR) is 70.8 cm³/mol. The van der Waals surface area contributed by atoms with Crippen molar-refractivity contribution in [2.75, 3.05) is 13.2 Å². The summed E-state index contributed by atoms with van der Waals surface area (Å²) in [5.41, 5.74) is 0. The highest BCUT2D eigenvalue weighted by atomic mass is 19.1. The van der Waals surface area contributed by atoms with Crippen LogP contribution in [0.1, 0.15) is 13.3 Å². The van der Waals surface area contributed by atoms with E-state index in [-0.39, 0.29) is 31.3 Å². The highest BCUT2D eigenvalue weighted by molar-refractivity contribution is 6.04. The predicted octanol–water partition coefficient (Wildman–Crippen LogP) is 0.468. The summed E-state index contributed by atoms with van der Waals surface area (Å²) < 4.78 is 18.0. The number of hydrogen-bond acceptors (Lipinski definition) is 4. The number of ether oxygens (including phenoxy) is 1. The third-order valence-corrected chi connectivity index (χ3v) is 3.14. The molecule has 0 bridgehead atoms. The quantitative estimate of drug-likeness (QED) is 0.819. The molecule has 0 spiro atoms. The zero-order valence-corrected chi connectivity index (χ0v) is 11.5. The first-order valence-corrected chi connectivity index (χ1v) is 6.49. The third kappa shape index (κ3) is 3.77. The van der Waals surface area contributed by atoms with E-state index in [1.807, 2.05) is 0 Å². The maximum Gasteiger partial charge on any atom is 0.249 e. The van der Waals surface area contributed by atoms with Gasteiger partial charge in [0.1, 0.15) is 24.2 Å². The fourth-order valence-electron chi connectivity index (χ4n) is 1.95. The van der Waals surface area contributed by atoms with Crippen molar-refractivity contribution in [3.63, 3.8) is 0 Å². The Bertz CT molecular complexity index is 559. The Morgan fingerprint density at radius 1 is 1.38 bits per heavy atom. The number of imide groups is 1. The van der Waals surface area contributed by atoms with Gasteiger partial charge in [-0.15, -0.1) is 0 Å². The third-order valence-electron chi connectivity index (χ3n) is 3.14. The Labute approximate surface area is 120 Å². The van der Waals surface area contributed by atoms with Gasteiger partial charge in [-0.3, -0.25) is 19.7 Å². The van der Waals surface area contributed by atoms with Crippen LogP contribution in [-0.2, 0) is 14.4 Å². The summed E-state index contributed by atoms with van der Waals surface area (Å²) in [7, 11) is 0. The summed E-state index contributed by atoms with van der Waals surface area (Å²) in [6, 6.07) is 4.75. The Morgan fingerprint density at radius 2 is 2.05 bits per heavy atom. The number of halogens is 1. The fraction of sp³-hybridized carbons (Fsp3) is 0.357. The van der Waals surface area contributed by atoms with Crippen LogP contribution in [-0.4, -0.2) is 41.8 Å². The lowest BCUT2D eigenvalue weighted by atomic mass is 10.2. The number of rotatable bonds is 4. The number of piperazine rings is 1. The minimum absolute atomic E-state index is 0.0300. The molecule has 1 saturated heterocycles. The molecule has 0 saturated carbocycles. The van der Waals surface area contributed by atoms with Crippen LogP contribution in [0.25, 0.3) is 0 Å². The number of amides is 3. The van der Waals surface area contributed by atoms with Gasteiger partial charge in [-0.05, 0) is 31.2 Å². The molecule has 7 heteroatoms. The Hall–Kier alpha value is -2.44. The van der Waals surface area contributed by atoms with Gasteiger partial charge in [-0.1, -0.05) is 0 Å². The second-order valence-electron chi connectivity index (χ2n) is 4.66. The van der Waals surface area contributed by atoms with Crippen molar-refractivity contribution in [1.82, 2.24) is 10.2 Å². The van der Waals surface area contributed by atoms with E-state index < -0.39 is 17.9 Å². The first-order valence-electron chi connectivity index (χ1n) is 6.49. The molecule has 1 heterocycles. The summed E-state index contributed by atoms with van der Waals surface area (Å²) in [6.45, 7) is 1.51. The summed E-state index contributed by atoms with van der Waals surface area (Å²) in [5, 5.41) is 2.16. The van der Waals surface area contributed by atoms with Crippen molar-refractivity contribution in [2.24, 2.45) is 0 Å². The number of nitrogens with zero attached hydrogens (tertiary/aromatic N) is 1. The molecule has 1 unspecified atom stereocenters. The van der Waals surface area contributed by atoms with Crippen LogP contribution in [0.2, 0.25) is 0 Å². The van der Waals surface area contributed by atoms with Crippen molar-refractivity contribution in [3.8, 4) is 5.75 Å². The van der Waals surface area contributed by atoms with E-state index >= 15 is 0 Å². The van der Waals surface area contributed by atoms with E-state index in [1.165, 1.54) is 29.2 Å². The minimum Gasteiger partial charge on any atom is -0.493 e. The number of hydrogen-bond donors (Lipinski definition) is 1. The van der Waals surface area contributed by atoms with Gasteiger partial charge in [0.15, 0.2) is 0 Å². The maximum absolute atomic E-state index is 12.7. The average molecular weight is 294 g/mol. The molecule has 1 aromatic rings. The van der Waals surface area contributed by atoms with E-state index in [9.17, 15) is 18.8 Å². The van der Waals surface area contributed by atoms with Crippen LogP contribution >= 0.6 is 0 Å². The number of carbonyl (C=O) groups is 3. The average Bonchev–Trinajstić information content (AvgIpc) is 2.44. The van der Waals surface area contributed by atoms with Gasteiger partial charge >= 0.3 is 0 Å². The van der Waals surface area contributed by atoms with Crippen molar-refractivity contribution >= 4 is 17.7 Å². The van der Waals surface area contributed by atoms with E-state index in [2.05, 4.69) is 5.32 Å². The normalized spacial score (nSPS) is 18.4. The zero-order chi connectivity index (χ0) is 15.4. The monoisotopic (exact) mass is 294 g/mol. The molecule has 1 aliphatic rings. The summed E-state index contributed by atoms with van der Waals surface area (Å²) in [4.78, 5) is 35.9. The molecule has 2 rings (SSSR count). The SMILES string of the molecule is CC1C(=O)NC(=O)CN1C(=O)CCOc1ccc(F)cc1. The van der Waals surface area contributed by atoms with Crippen LogP contribution in [0.15, 0.2) is 24.3 Å². The highest BCUT2D eigenvalue weighted by Crippen LogP contribution is 2.12. The largest absolute Gasteiger partial charge is 0.493 e. The molecule has 3 amide bonds. The van der Waals surface area contributed by atoms with Crippen LogP contribution < -0.4 is 10.1 Å². The van der Waals surface area contributed by atoms with Gasteiger partial charge in [-0.2, -0.15) is 0 Å². The van der Waals surface area contributed by atoms with Crippen molar-refractivity contribution < 1.29 is 23.5 Å². The second-order valence-corrected chi connectivity index (χ2v) is 4.66. The Kier molecular flexibility index (Phi) is 4.52. The van der Waals surface area contributed by atoms with E-state index in [0.29, 0.717) is 5.75 Å². The molecule has 1 aromatic carbocycles. The lowest BCUT2D eigenvalue weighted by Gasteiger charge is -2.31. The topological polar surface area (TPSA) is 75.7 Å². The molecule has 1 N–H and O–H groups in total. The molecule has 6 nitrogen and oxygen atoms in total. The van der Waals surface area contributed by atoms with E-state index in [1.54, 1.807) is 6.92 Å². The van der Waals surface area contributed by atoms with Crippen LogP contribution in [0.4, 0.5) is 4.39 Å². The molecule has 0 aliphatic carbocycles. The fourth-order valence-corrected chi connectivity index (χ4v) is 1.95. The van der Waals surface area contributed by atoms with Gasteiger partial charge in [0, 0.05) is 0 Å². The van der Waals surface area contributed by atoms with Gasteiger partial charge in [0.25, 0.3) is 0 Å². The molecule has 112 valence electrons. The van der Waals surface area contributed by atoms with Gasteiger partial charge in [-0.25, -0.2) is 4.39 Å². The smallest absolute Gasteiger partial charge is 0.249 e. The molecular formula is C14H15FN2O4. The van der Waals surface area contributed by atoms with E-state index in [0.717, 1.165) is 0 Å². The summed E-state index contributed by atoms with van der Waals surface area (Å²) >= 11 is 0. The molecule has 1 aliphatic heterocycles. The zero-order valence-electron chi connectivity index (χ0n) is 11.5. The van der Waals surface area contributed by atoms with Crippen molar-refractivity contribution in [3.05, 3.63) is 30.1 Å². The number of nitrogens with one attached hydrogen (secondary N) is 1. The van der Waals surface area contributed by atoms with Gasteiger partial charge < -0.3 is 9.64 Å². The number of benzene rings is 1. The molecular weight excluding hydrogens is 279 g/mol. The summed E-state index contributed by atoms with van der Waals surface area (Å²) in [5.74, 6) is -1.24. The molecule has 21 heavy (non-hydrogen) atoms. The Balaban J connectivity index is 1.85. The van der Waals surface area contributed by atoms with Crippen LogP contribution in [0.5, 0.6) is 5.75 Å². The second kappa shape index (κ2) is 6.34. The molecule has 0 radical (unpaired) electrons. The van der Waals surface area contributed by atoms with E-state index in [4.69, 9.17) is 4.74 Å². The summed E-state index contributed by atoms with van der Waals surface area (Å²) in [6.07, 6.45) is 0.0300.